The normalized spacial score (nSPS) is 17.2. The van der Waals surface area contributed by atoms with E-state index in [0.29, 0.717) is 49.5 Å². The standard InChI is InChI=1S/C27H36N4O5/c1-5-31-22-20(14-27(16-29-24(22)33)9-11-35-12-10-27)21(30-31)15-26(2,3)17-36-25(34)19-8-6-7-18(13-19)23(32)28-4/h6-8,13H,5,9-12,14-17H2,1-4H3,(H,28,32)(H,29,33). The number of esters is 1. The predicted octanol–water partition coefficient (Wildman–Crippen LogP) is 2.77. The smallest absolute Gasteiger partial charge is 0.338 e. The van der Waals surface area contributed by atoms with Crippen LogP contribution in [0.1, 0.15) is 76.1 Å². The Hall–Kier alpha value is -3.20. The zero-order valence-corrected chi connectivity index (χ0v) is 21.6. The molecule has 1 spiro atoms. The van der Waals surface area contributed by atoms with Crippen LogP contribution in [0.15, 0.2) is 24.3 Å². The minimum absolute atomic E-state index is 0.0259. The number of rotatable bonds is 7. The van der Waals surface area contributed by atoms with Gasteiger partial charge in [0.1, 0.15) is 5.69 Å². The Morgan fingerprint density at radius 2 is 1.97 bits per heavy atom. The van der Waals surface area contributed by atoms with E-state index in [9.17, 15) is 14.4 Å². The van der Waals surface area contributed by atoms with Crippen LogP contribution in [0.4, 0.5) is 0 Å². The van der Waals surface area contributed by atoms with Crippen molar-refractivity contribution < 1.29 is 23.9 Å². The molecule has 2 aliphatic rings. The van der Waals surface area contributed by atoms with Crippen LogP contribution in [0.2, 0.25) is 0 Å². The lowest BCUT2D eigenvalue weighted by Crippen LogP contribution is -2.40. The Morgan fingerprint density at radius 1 is 1.25 bits per heavy atom. The molecule has 194 valence electrons. The van der Waals surface area contributed by atoms with E-state index < -0.39 is 11.4 Å². The van der Waals surface area contributed by atoms with Gasteiger partial charge in [-0.15, -0.1) is 0 Å². The summed E-state index contributed by atoms with van der Waals surface area (Å²) >= 11 is 0. The SMILES string of the molecule is CCn1nc(CC(C)(C)COC(=O)c2cccc(C(=O)NC)c2)c2c1C(=O)NCC1(CCOCC1)C2. The maximum atomic E-state index is 13.1. The van der Waals surface area contributed by atoms with E-state index in [1.165, 1.54) is 6.07 Å². The summed E-state index contributed by atoms with van der Waals surface area (Å²) in [5, 5.41) is 10.5. The minimum atomic E-state index is -0.479. The molecule has 0 aliphatic carbocycles. The fourth-order valence-electron chi connectivity index (χ4n) is 5.09. The summed E-state index contributed by atoms with van der Waals surface area (Å²) in [5.74, 6) is -0.815. The molecular formula is C27H36N4O5. The molecule has 1 aromatic heterocycles. The van der Waals surface area contributed by atoms with Crippen LogP contribution in [0.5, 0.6) is 0 Å². The lowest BCUT2D eigenvalue weighted by molar-refractivity contribution is 0.0159. The Kier molecular flexibility index (Phi) is 7.49. The maximum absolute atomic E-state index is 13.1. The van der Waals surface area contributed by atoms with Crippen LogP contribution in [0.3, 0.4) is 0 Å². The first-order valence-corrected chi connectivity index (χ1v) is 12.6. The summed E-state index contributed by atoms with van der Waals surface area (Å²) in [6, 6.07) is 6.48. The van der Waals surface area contributed by atoms with Crippen LogP contribution in [-0.4, -0.2) is 61.0 Å². The number of hydrogen-bond donors (Lipinski definition) is 2. The maximum Gasteiger partial charge on any atom is 0.338 e. The van der Waals surface area contributed by atoms with Crippen LogP contribution in [-0.2, 0) is 28.9 Å². The van der Waals surface area contributed by atoms with Crippen molar-refractivity contribution in [2.45, 2.75) is 53.0 Å². The van der Waals surface area contributed by atoms with Crippen molar-refractivity contribution in [3.63, 3.8) is 0 Å². The zero-order valence-electron chi connectivity index (χ0n) is 21.6. The van der Waals surface area contributed by atoms with Crippen molar-refractivity contribution in [2.24, 2.45) is 10.8 Å². The number of aryl methyl sites for hydroxylation is 1. The van der Waals surface area contributed by atoms with E-state index in [0.717, 1.165) is 30.5 Å². The molecule has 0 radical (unpaired) electrons. The largest absolute Gasteiger partial charge is 0.462 e. The average Bonchev–Trinajstić information content (AvgIpc) is 3.14. The van der Waals surface area contributed by atoms with E-state index in [1.54, 1.807) is 29.9 Å². The number of carbonyl (C=O) groups is 3. The number of hydrogen-bond acceptors (Lipinski definition) is 6. The molecule has 9 heteroatoms. The molecule has 3 heterocycles. The van der Waals surface area contributed by atoms with E-state index in [1.807, 2.05) is 20.8 Å². The predicted molar refractivity (Wildman–Crippen MR) is 134 cm³/mol. The van der Waals surface area contributed by atoms with Gasteiger partial charge in [0.25, 0.3) is 11.8 Å². The molecule has 2 aromatic rings. The highest BCUT2D eigenvalue weighted by Gasteiger charge is 2.40. The average molecular weight is 497 g/mol. The second-order valence-electron chi connectivity index (χ2n) is 10.6. The van der Waals surface area contributed by atoms with Crippen LogP contribution >= 0.6 is 0 Å². The summed E-state index contributed by atoms with van der Waals surface area (Å²) < 4.78 is 13.1. The third-order valence-corrected chi connectivity index (χ3v) is 7.21. The molecule has 0 bridgehead atoms. The van der Waals surface area contributed by atoms with Gasteiger partial charge in [-0.25, -0.2) is 4.79 Å². The molecule has 4 rings (SSSR count). The third kappa shape index (κ3) is 5.46. The van der Waals surface area contributed by atoms with Gasteiger partial charge in [-0.3, -0.25) is 14.3 Å². The van der Waals surface area contributed by atoms with Crippen molar-refractivity contribution in [1.29, 1.82) is 0 Å². The van der Waals surface area contributed by atoms with Crippen molar-refractivity contribution in [3.8, 4) is 0 Å². The Bertz CT molecular complexity index is 1150. The number of benzene rings is 1. The molecule has 36 heavy (non-hydrogen) atoms. The monoisotopic (exact) mass is 496 g/mol. The zero-order chi connectivity index (χ0) is 25.9. The van der Waals surface area contributed by atoms with Crippen molar-refractivity contribution >= 4 is 17.8 Å². The van der Waals surface area contributed by atoms with E-state index in [4.69, 9.17) is 14.6 Å². The number of aromatic nitrogens is 2. The number of amides is 2. The number of carbonyl (C=O) groups excluding carboxylic acids is 3. The van der Waals surface area contributed by atoms with Gasteiger partial charge >= 0.3 is 5.97 Å². The van der Waals surface area contributed by atoms with Gasteiger partial charge in [0.2, 0.25) is 0 Å². The van der Waals surface area contributed by atoms with Gasteiger partial charge in [-0.1, -0.05) is 19.9 Å². The second-order valence-corrected chi connectivity index (χ2v) is 10.6. The van der Waals surface area contributed by atoms with Crippen LogP contribution in [0.25, 0.3) is 0 Å². The summed E-state index contributed by atoms with van der Waals surface area (Å²) in [4.78, 5) is 37.7. The summed E-state index contributed by atoms with van der Waals surface area (Å²) in [7, 11) is 1.55. The second kappa shape index (κ2) is 10.4. The summed E-state index contributed by atoms with van der Waals surface area (Å²) in [6.45, 7) is 8.86. The topological polar surface area (TPSA) is 112 Å². The van der Waals surface area contributed by atoms with Gasteiger partial charge < -0.3 is 20.1 Å². The van der Waals surface area contributed by atoms with Crippen molar-refractivity contribution in [2.75, 3.05) is 33.4 Å². The molecule has 0 saturated carbocycles. The Labute approximate surface area is 211 Å². The minimum Gasteiger partial charge on any atom is -0.462 e. The number of nitrogens with zero attached hydrogens (tertiary/aromatic N) is 2. The lowest BCUT2D eigenvalue weighted by atomic mass is 9.74. The van der Waals surface area contributed by atoms with Gasteiger partial charge in [-0.05, 0) is 49.8 Å². The van der Waals surface area contributed by atoms with Gasteiger partial charge in [0.15, 0.2) is 0 Å². The summed E-state index contributed by atoms with van der Waals surface area (Å²) in [6.07, 6.45) is 3.15. The van der Waals surface area contributed by atoms with Crippen LogP contribution < -0.4 is 10.6 Å². The molecule has 2 aliphatic heterocycles. The van der Waals surface area contributed by atoms with Crippen LogP contribution in [0, 0.1) is 10.8 Å². The molecule has 2 N–H and O–H groups in total. The number of nitrogens with one attached hydrogen (secondary N) is 2. The van der Waals surface area contributed by atoms with Gasteiger partial charge in [0, 0.05) is 56.3 Å². The van der Waals surface area contributed by atoms with E-state index in [-0.39, 0.29) is 23.8 Å². The Morgan fingerprint density at radius 3 is 2.67 bits per heavy atom. The number of fused-ring (bicyclic) bond motifs is 1. The molecule has 1 fully saturated rings. The molecule has 0 atom stereocenters. The first kappa shape index (κ1) is 25.9. The first-order valence-electron chi connectivity index (χ1n) is 12.6. The quantitative estimate of drug-likeness (QED) is 0.570. The fraction of sp³-hybridized carbons (Fsp3) is 0.556. The summed E-state index contributed by atoms with van der Waals surface area (Å²) in [5.41, 5.74) is 2.83. The number of ether oxygens (including phenoxy) is 2. The molecule has 1 aromatic carbocycles. The highest BCUT2D eigenvalue weighted by atomic mass is 16.5. The Balaban J connectivity index is 1.52. The molecule has 9 nitrogen and oxygen atoms in total. The van der Waals surface area contributed by atoms with Gasteiger partial charge in [0.05, 0.1) is 17.9 Å². The molecule has 1 saturated heterocycles. The van der Waals surface area contributed by atoms with Crippen molar-refractivity contribution in [1.82, 2.24) is 20.4 Å². The van der Waals surface area contributed by atoms with Gasteiger partial charge in [-0.2, -0.15) is 5.10 Å². The third-order valence-electron chi connectivity index (χ3n) is 7.21. The van der Waals surface area contributed by atoms with Crippen molar-refractivity contribution in [3.05, 3.63) is 52.3 Å². The highest BCUT2D eigenvalue weighted by molar-refractivity contribution is 5.97. The van der Waals surface area contributed by atoms with E-state index >= 15 is 0 Å². The highest BCUT2D eigenvalue weighted by Crippen LogP contribution is 2.38. The molecule has 0 unspecified atom stereocenters. The molecular weight excluding hydrogens is 460 g/mol. The van der Waals surface area contributed by atoms with E-state index in [2.05, 4.69) is 10.6 Å². The lowest BCUT2D eigenvalue weighted by Gasteiger charge is -2.36. The first-order chi connectivity index (χ1) is 17.2. The molecule has 2 amide bonds. The fourth-order valence-corrected chi connectivity index (χ4v) is 5.09.